The highest BCUT2D eigenvalue weighted by molar-refractivity contribution is 5.86. The van der Waals surface area contributed by atoms with Crippen molar-refractivity contribution in [3.63, 3.8) is 0 Å². The molecule has 0 bridgehead atoms. The molecule has 1 amide bonds. The maximum Gasteiger partial charge on any atom is 0.247 e. The molecule has 0 saturated heterocycles. The van der Waals surface area contributed by atoms with E-state index in [4.69, 9.17) is 5.73 Å². The summed E-state index contributed by atoms with van der Waals surface area (Å²) >= 11 is 0. The van der Waals surface area contributed by atoms with Crippen molar-refractivity contribution >= 4 is 5.91 Å². The Morgan fingerprint density at radius 1 is 1.25 bits per heavy atom. The van der Waals surface area contributed by atoms with Gasteiger partial charge in [0.05, 0.1) is 0 Å². The second-order valence-electron chi connectivity index (χ2n) is 5.09. The summed E-state index contributed by atoms with van der Waals surface area (Å²) in [5.41, 5.74) is 6.99. The molecule has 0 radical (unpaired) electrons. The number of hydrogen-bond donors (Lipinski definition) is 1. The van der Waals surface area contributed by atoms with E-state index >= 15 is 0 Å². The van der Waals surface area contributed by atoms with Gasteiger partial charge in [0.25, 0.3) is 0 Å². The van der Waals surface area contributed by atoms with Crippen molar-refractivity contribution in [1.29, 1.82) is 0 Å². The average molecular weight is 269 g/mol. The second-order valence-corrected chi connectivity index (χ2v) is 5.09. The van der Waals surface area contributed by atoms with Crippen molar-refractivity contribution in [1.82, 2.24) is 9.88 Å². The Hall–Kier alpha value is -2.20. The molecule has 20 heavy (non-hydrogen) atoms. The Bertz CT molecular complexity index is 567. The molecule has 0 aliphatic rings. The SMILES string of the molecule is CN(Cc1cccnc1)C(=O)C(C)(N)c1ccccc1. The molecule has 0 spiro atoms. The van der Waals surface area contributed by atoms with Gasteiger partial charge >= 0.3 is 0 Å². The Labute approximate surface area is 119 Å². The van der Waals surface area contributed by atoms with Gasteiger partial charge in [-0.05, 0) is 24.1 Å². The highest BCUT2D eigenvalue weighted by Gasteiger charge is 2.32. The number of aromatic nitrogens is 1. The first-order valence-corrected chi connectivity index (χ1v) is 6.50. The molecule has 1 unspecified atom stereocenters. The number of carbonyl (C=O) groups excluding carboxylic acids is 1. The zero-order chi connectivity index (χ0) is 14.6. The number of pyridine rings is 1. The topological polar surface area (TPSA) is 59.2 Å². The lowest BCUT2D eigenvalue weighted by molar-refractivity contribution is -0.136. The van der Waals surface area contributed by atoms with Crippen molar-refractivity contribution in [2.45, 2.75) is 19.0 Å². The van der Waals surface area contributed by atoms with Crippen molar-refractivity contribution < 1.29 is 4.79 Å². The Kier molecular flexibility index (Phi) is 4.15. The number of carbonyl (C=O) groups is 1. The van der Waals surface area contributed by atoms with Gasteiger partial charge in [0.15, 0.2) is 0 Å². The number of rotatable bonds is 4. The molecule has 1 heterocycles. The van der Waals surface area contributed by atoms with Crippen molar-refractivity contribution in [3.05, 3.63) is 66.0 Å². The van der Waals surface area contributed by atoms with Crippen LogP contribution in [0.2, 0.25) is 0 Å². The molecule has 1 aromatic heterocycles. The lowest BCUT2D eigenvalue weighted by Gasteiger charge is -2.29. The van der Waals surface area contributed by atoms with Gasteiger partial charge in [-0.2, -0.15) is 0 Å². The van der Waals surface area contributed by atoms with E-state index in [1.54, 1.807) is 31.3 Å². The van der Waals surface area contributed by atoms with Crippen molar-refractivity contribution in [3.8, 4) is 0 Å². The van der Waals surface area contributed by atoms with Crippen LogP contribution in [0.15, 0.2) is 54.9 Å². The molecule has 4 heteroatoms. The Balaban J connectivity index is 2.14. The normalized spacial score (nSPS) is 13.6. The quantitative estimate of drug-likeness (QED) is 0.922. The minimum atomic E-state index is -1.03. The van der Waals surface area contributed by atoms with Crippen LogP contribution in [0, 0.1) is 0 Å². The van der Waals surface area contributed by atoms with Gasteiger partial charge in [-0.1, -0.05) is 36.4 Å². The number of benzene rings is 1. The predicted molar refractivity (Wildman–Crippen MR) is 78.7 cm³/mol. The molecule has 1 aromatic carbocycles. The summed E-state index contributed by atoms with van der Waals surface area (Å²) in [6.45, 7) is 2.23. The first-order valence-electron chi connectivity index (χ1n) is 6.50. The zero-order valence-electron chi connectivity index (χ0n) is 11.8. The molecule has 2 N–H and O–H groups in total. The highest BCUT2D eigenvalue weighted by atomic mass is 16.2. The van der Waals surface area contributed by atoms with Crippen molar-refractivity contribution in [2.75, 3.05) is 7.05 Å². The number of nitrogens with zero attached hydrogens (tertiary/aromatic N) is 2. The predicted octanol–water partition coefficient (Wildman–Crippen LogP) is 1.91. The largest absolute Gasteiger partial charge is 0.339 e. The zero-order valence-corrected chi connectivity index (χ0v) is 11.8. The average Bonchev–Trinajstić information content (AvgIpc) is 2.48. The van der Waals surface area contributed by atoms with Crippen LogP contribution in [0.3, 0.4) is 0 Å². The van der Waals surface area contributed by atoms with E-state index in [9.17, 15) is 4.79 Å². The Morgan fingerprint density at radius 3 is 2.55 bits per heavy atom. The molecular formula is C16H19N3O. The van der Waals surface area contributed by atoms with Crippen LogP contribution >= 0.6 is 0 Å². The first-order chi connectivity index (χ1) is 9.51. The van der Waals surface area contributed by atoms with Gasteiger partial charge in [0.2, 0.25) is 5.91 Å². The van der Waals surface area contributed by atoms with E-state index in [1.807, 2.05) is 42.5 Å². The van der Waals surface area contributed by atoms with Gasteiger partial charge < -0.3 is 10.6 Å². The molecular weight excluding hydrogens is 250 g/mol. The van der Waals surface area contributed by atoms with Crippen LogP contribution in [0.25, 0.3) is 0 Å². The number of likely N-dealkylation sites (N-methyl/N-ethyl adjacent to an activating group) is 1. The summed E-state index contributed by atoms with van der Waals surface area (Å²) in [7, 11) is 1.75. The summed E-state index contributed by atoms with van der Waals surface area (Å²) < 4.78 is 0. The molecule has 2 rings (SSSR count). The van der Waals surface area contributed by atoms with Gasteiger partial charge in [-0.3, -0.25) is 9.78 Å². The van der Waals surface area contributed by atoms with Gasteiger partial charge in [0, 0.05) is 26.0 Å². The summed E-state index contributed by atoms with van der Waals surface area (Å²) in [6.07, 6.45) is 3.46. The lowest BCUT2D eigenvalue weighted by atomic mass is 9.91. The van der Waals surface area contributed by atoms with Gasteiger partial charge in [-0.25, -0.2) is 0 Å². The van der Waals surface area contributed by atoms with Crippen LogP contribution in [-0.4, -0.2) is 22.8 Å². The maximum absolute atomic E-state index is 12.6. The monoisotopic (exact) mass is 269 g/mol. The lowest BCUT2D eigenvalue weighted by Crippen LogP contribution is -2.49. The number of nitrogens with two attached hydrogens (primary N) is 1. The van der Waals surface area contributed by atoms with E-state index in [0.29, 0.717) is 6.54 Å². The highest BCUT2D eigenvalue weighted by Crippen LogP contribution is 2.20. The Morgan fingerprint density at radius 2 is 1.95 bits per heavy atom. The summed E-state index contributed by atoms with van der Waals surface area (Å²) in [6, 6.07) is 13.2. The van der Waals surface area contributed by atoms with Gasteiger partial charge in [0.1, 0.15) is 5.54 Å². The molecule has 0 aliphatic heterocycles. The maximum atomic E-state index is 12.6. The summed E-state index contributed by atoms with van der Waals surface area (Å²) in [5, 5.41) is 0. The number of amides is 1. The summed E-state index contributed by atoms with van der Waals surface area (Å²) in [4.78, 5) is 18.2. The molecule has 0 aliphatic carbocycles. The van der Waals surface area contributed by atoms with E-state index in [1.165, 1.54) is 0 Å². The fourth-order valence-electron chi connectivity index (χ4n) is 2.14. The van der Waals surface area contributed by atoms with E-state index in [2.05, 4.69) is 4.98 Å². The van der Waals surface area contributed by atoms with Crippen LogP contribution < -0.4 is 5.73 Å². The van der Waals surface area contributed by atoms with Crippen molar-refractivity contribution in [2.24, 2.45) is 5.73 Å². The van der Waals surface area contributed by atoms with E-state index in [-0.39, 0.29) is 5.91 Å². The third-order valence-electron chi connectivity index (χ3n) is 3.31. The molecule has 0 saturated carbocycles. The molecule has 2 aromatic rings. The molecule has 4 nitrogen and oxygen atoms in total. The minimum absolute atomic E-state index is 0.118. The smallest absolute Gasteiger partial charge is 0.247 e. The summed E-state index contributed by atoms with van der Waals surface area (Å²) in [5.74, 6) is -0.118. The standard InChI is InChI=1S/C16H19N3O/c1-16(17,14-8-4-3-5-9-14)15(20)19(2)12-13-7-6-10-18-11-13/h3-11H,12,17H2,1-2H3. The number of hydrogen-bond acceptors (Lipinski definition) is 3. The van der Waals surface area contributed by atoms with Crippen LogP contribution in [0.4, 0.5) is 0 Å². The fourth-order valence-corrected chi connectivity index (χ4v) is 2.14. The minimum Gasteiger partial charge on any atom is -0.339 e. The van der Waals surface area contributed by atoms with Crippen LogP contribution in [0.5, 0.6) is 0 Å². The van der Waals surface area contributed by atoms with E-state index < -0.39 is 5.54 Å². The molecule has 1 atom stereocenters. The second kappa shape index (κ2) is 5.84. The third-order valence-corrected chi connectivity index (χ3v) is 3.31. The molecule has 104 valence electrons. The van der Waals surface area contributed by atoms with Crippen LogP contribution in [-0.2, 0) is 16.9 Å². The third kappa shape index (κ3) is 3.03. The first kappa shape index (κ1) is 14.2. The van der Waals surface area contributed by atoms with E-state index in [0.717, 1.165) is 11.1 Å². The fraction of sp³-hybridized carbons (Fsp3) is 0.250. The molecule has 0 fully saturated rings. The van der Waals surface area contributed by atoms with Gasteiger partial charge in [-0.15, -0.1) is 0 Å². The van der Waals surface area contributed by atoms with Crippen LogP contribution in [0.1, 0.15) is 18.1 Å².